The number of nitro benzene ring substituents is 2. The summed E-state index contributed by atoms with van der Waals surface area (Å²) in [5, 5.41) is 34.3. The van der Waals surface area contributed by atoms with Gasteiger partial charge in [0, 0.05) is 6.07 Å². The Labute approximate surface area is 152 Å². The second-order valence-corrected chi connectivity index (χ2v) is 4.94. The third kappa shape index (κ3) is 4.89. The van der Waals surface area contributed by atoms with Crippen LogP contribution in [0.1, 0.15) is 5.56 Å². The maximum Gasteiger partial charge on any atom is 0.301 e. The number of hydrogen-bond donors (Lipinski definition) is 1. The largest absolute Gasteiger partial charge is 0.493 e. The molecule has 0 radical (unpaired) electrons. The number of anilines is 1. The van der Waals surface area contributed by atoms with E-state index in [0.29, 0.717) is 17.1 Å². The summed E-state index contributed by atoms with van der Waals surface area (Å²) in [5.74, 6) is 0.769. The minimum atomic E-state index is -0.741. The van der Waals surface area contributed by atoms with Gasteiger partial charge in [0.15, 0.2) is 18.1 Å². The van der Waals surface area contributed by atoms with Gasteiger partial charge in [-0.25, -0.2) is 0 Å². The Morgan fingerprint density at radius 3 is 2.59 bits per heavy atom. The number of hydrazone groups is 1. The molecule has 0 amide bonds. The number of nitriles is 1. The van der Waals surface area contributed by atoms with E-state index in [1.807, 2.05) is 6.07 Å². The van der Waals surface area contributed by atoms with Crippen molar-refractivity contribution in [2.45, 2.75) is 0 Å². The van der Waals surface area contributed by atoms with Crippen molar-refractivity contribution in [2.24, 2.45) is 5.10 Å². The molecule has 138 valence electrons. The van der Waals surface area contributed by atoms with Crippen molar-refractivity contribution in [3.05, 3.63) is 62.2 Å². The minimum Gasteiger partial charge on any atom is -0.493 e. The molecule has 11 heteroatoms. The summed E-state index contributed by atoms with van der Waals surface area (Å²) in [7, 11) is 1.44. The van der Waals surface area contributed by atoms with E-state index in [0.717, 1.165) is 12.1 Å². The highest BCUT2D eigenvalue weighted by Gasteiger charge is 2.19. The SMILES string of the molecule is COc1cc(/C=N\Nc2ccc([N+](=O)[O-])cc2[N+](=O)[O-])ccc1OCC#N. The number of methoxy groups -OCH3 is 1. The summed E-state index contributed by atoms with van der Waals surface area (Å²) >= 11 is 0. The predicted octanol–water partition coefficient (Wildman–Crippen LogP) is 2.86. The molecule has 0 spiro atoms. The molecule has 0 bridgehead atoms. The maximum atomic E-state index is 11.1. The summed E-state index contributed by atoms with van der Waals surface area (Å²) in [4.78, 5) is 20.3. The molecule has 0 aromatic heterocycles. The topological polar surface area (TPSA) is 153 Å². The maximum absolute atomic E-state index is 11.1. The fourth-order valence-corrected chi connectivity index (χ4v) is 2.05. The third-order valence-corrected chi connectivity index (χ3v) is 3.27. The molecule has 2 aromatic rings. The molecular weight excluding hydrogens is 358 g/mol. The first kappa shape index (κ1) is 19.1. The zero-order valence-corrected chi connectivity index (χ0v) is 14.0. The molecule has 0 fully saturated rings. The van der Waals surface area contributed by atoms with Gasteiger partial charge in [-0.05, 0) is 29.8 Å². The summed E-state index contributed by atoms with van der Waals surface area (Å²) < 4.78 is 10.4. The van der Waals surface area contributed by atoms with Crippen LogP contribution in [0.4, 0.5) is 17.1 Å². The number of ether oxygens (including phenoxy) is 2. The van der Waals surface area contributed by atoms with Crippen LogP contribution in [0.2, 0.25) is 0 Å². The number of hydrogen-bond acceptors (Lipinski definition) is 9. The fraction of sp³-hybridized carbons (Fsp3) is 0.125. The van der Waals surface area contributed by atoms with Crippen LogP contribution in [-0.2, 0) is 0 Å². The van der Waals surface area contributed by atoms with Crippen LogP contribution in [0.15, 0.2) is 41.5 Å². The average Bonchev–Trinajstić information content (AvgIpc) is 2.66. The number of rotatable bonds is 8. The van der Waals surface area contributed by atoms with Crippen molar-refractivity contribution in [1.29, 1.82) is 5.26 Å². The fourth-order valence-electron chi connectivity index (χ4n) is 2.05. The second-order valence-electron chi connectivity index (χ2n) is 4.94. The Balaban J connectivity index is 2.19. The zero-order valence-electron chi connectivity index (χ0n) is 14.0. The normalized spacial score (nSPS) is 10.2. The van der Waals surface area contributed by atoms with E-state index >= 15 is 0 Å². The van der Waals surface area contributed by atoms with E-state index in [9.17, 15) is 20.2 Å². The molecule has 0 unspecified atom stereocenters. The molecule has 0 heterocycles. The molecule has 1 N–H and O–H groups in total. The van der Waals surface area contributed by atoms with Gasteiger partial charge in [0.2, 0.25) is 0 Å². The molecule has 0 aliphatic carbocycles. The van der Waals surface area contributed by atoms with Gasteiger partial charge in [-0.15, -0.1) is 0 Å². The van der Waals surface area contributed by atoms with Crippen LogP contribution in [0.3, 0.4) is 0 Å². The lowest BCUT2D eigenvalue weighted by atomic mass is 10.2. The molecule has 27 heavy (non-hydrogen) atoms. The van der Waals surface area contributed by atoms with Crippen molar-refractivity contribution < 1.29 is 19.3 Å². The summed E-state index contributed by atoms with van der Waals surface area (Å²) in [6.45, 7) is -0.130. The van der Waals surface area contributed by atoms with Crippen LogP contribution in [-0.4, -0.2) is 29.8 Å². The van der Waals surface area contributed by atoms with Crippen molar-refractivity contribution >= 4 is 23.3 Å². The van der Waals surface area contributed by atoms with Gasteiger partial charge in [0.1, 0.15) is 11.8 Å². The summed E-state index contributed by atoms with van der Waals surface area (Å²) in [6.07, 6.45) is 1.38. The van der Waals surface area contributed by atoms with Crippen molar-refractivity contribution in [3.8, 4) is 17.6 Å². The molecule has 2 rings (SSSR count). The number of benzene rings is 2. The Morgan fingerprint density at radius 1 is 1.19 bits per heavy atom. The highest BCUT2D eigenvalue weighted by molar-refractivity contribution is 5.82. The van der Waals surface area contributed by atoms with Gasteiger partial charge in [-0.1, -0.05) is 0 Å². The van der Waals surface area contributed by atoms with Gasteiger partial charge in [0.05, 0.1) is 29.2 Å². The monoisotopic (exact) mass is 371 g/mol. The minimum absolute atomic E-state index is 0.00258. The lowest BCUT2D eigenvalue weighted by Gasteiger charge is -2.08. The quantitative estimate of drug-likeness (QED) is 0.422. The van der Waals surface area contributed by atoms with E-state index < -0.39 is 21.2 Å². The van der Waals surface area contributed by atoms with Crippen molar-refractivity contribution in [2.75, 3.05) is 19.1 Å². The van der Waals surface area contributed by atoms with Gasteiger partial charge >= 0.3 is 5.69 Å². The van der Waals surface area contributed by atoms with Crippen molar-refractivity contribution in [3.63, 3.8) is 0 Å². The molecule has 0 saturated heterocycles. The van der Waals surface area contributed by atoms with Crippen LogP contribution in [0.25, 0.3) is 0 Å². The molecule has 0 atom stereocenters. The van der Waals surface area contributed by atoms with E-state index in [4.69, 9.17) is 14.7 Å². The summed E-state index contributed by atoms with van der Waals surface area (Å²) in [6, 6.07) is 9.87. The molecule has 0 aliphatic heterocycles. The van der Waals surface area contributed by atoms with Crippen LogP contribution >= 0.6 is 0 Å². The first-order valence-electron chi connectivity index (χ1n) is 7.36. The van der Waals surface area contributed by atoms with Crippen molar-refractivity contribution in [1.82, 2.24) is 0 Å². The number of nitrogens with zero attached hydrogens (tertiary/aromatic N) is 4. The highest BCUT2D eigenvalue weighted by atomic mass is 16.6. The summed E-state index contributed by atoms with van der Waals surface area (Å²) in [5.41, 5.74) is 2.21. The highest BCUT2D eigenvalue weighted by Crippen LogP contribution is 2.29. The first-order valence-corrected chi connectivity index (χ1v) is 7.36. The second kappa shape index (κ2) is 8.77. The molecule has 2 aromatic carbocycles. The number of nitro groups is 2. The molecule has 0 aliphatic rings. The Bertz CT molecular complexity index is 937. The van der Waals surface area contributed by atoms with Gasteiger partial charge in [-0.3, -0.25) is 25.7 Å². The molecular formula is C16H13N5O6. The Morgan fingerprint density at radius 2 is 1.96 bits per heavy atom. The van der Waals surface area contributed by atoms with E-state index in [2.05, 4.69) is 10.5 Å². The van der Waals surface area contributed by atoms with E-state index in [1.165, 1.54) is 19.4 Å². The predicted molar refractivity (Wildman–Crippen MR) is 95.1 cm³/mol. The lowest BCUT2D eigenvalue weighted by Crippen LogP contribution is -1.99. The van der Waals surface area contributed by atoms with Gasteiger partial charge in [-0.2, -0.15) is 10.4 Å². The molecule has 0 saturated carbocycles. The van der Waals surface area contributed by atoms with Crippen LogP contribution < -0.4 is 14.9 Å². The van der Waals surface area contributed by atoms with Gasteiger partial charge < -0.3 is 9.47 Å². The smallest absolute Gasteiger partial charge is 0.301 e. The molecule has 11 nitrogen and oxygen atoms in total. The third-order valence-electron chi connectivity index (χ3n) is 3.27. The van der Waals surface area contributed by atoms with E-state index in [1.54, 1.807) is 18.2 Å². The lowest BCUT2D eigenvalue weighted by molar-refractivity contribution is -0.393. The first-order chi connectivity index (χ1) is 13.0. The van der Waals surface area contributed by atoms with Crippen LogP contribution in [0, 0.1) is 31.6 Å². The number of nitrogens with one attached hydrogen (secondary N) is 1. The van der Waals surface area contributed by atoms with E-state index in [-0.39, 0.29) is 12.3 Å². The van der Waals surface area contributed by atoms with Crippen LogP contribution in [0.5, 0.6) is 11.5 Å². The van der Waals surface area contributed by atoms with Gasteiger partial charge in [0.25, 0.3) is 5.69 Å². The average molecular weight is 371 g/mol. The Hall–Kier alpha value is -4.20. The number of non-ortho nitro benzene ring substituents is 1. The standard InChI is InChI=1S/C16H13N5O6/c1-26-16-8-11(2-5-15(16)27-7-6-17)10-18-19-13-4-3-12(20(22)23)9-14(13)21(24)25/h2-5,8-10,19H,7H2,1H3/b18-10-. The zero-order chi connectivity index (χ0) is 19.8. The Kier molecular flexibility index (Phi) is 6.21.